The molecule has 1 aromatic heterocycles. The average molecular weight is 382 g/mol. The standard InChI is InChI=1S/C21H22N2O3S/c1-14(15-7-5-4-6-8-15)12-22-20(24)17-13-27-21(23-17)16-9-10-18(25-2)19(11-16)26-3/h4-11,13-14H,12H2,1-3H3,(H,22,24). The van der Waals surface area contributed by atoms with Gasteiger partial charge < -0.3 is 14.8 Å². The van der Waals surface area contributed by atoms with Gasteiger partial charge in [0.2, 0.25) is 0 Å². The van der Waals surface area contributed by atoms with Gasteiger partial charge in [-0.1, -0.05) is 37.3 Å². The lowest BCUT2D eigenvalue weighted by molar-refractivity contribution is 0.0947. The molecule has 0 saturated heterocycles. The summed E-state index contributed by atoms with van der Waals surface area (Å²) in [6, 6.07) is 15.7. The third-order valence-electron chi connectivity index (χ3n) is 4.30. The first-order valence-corrected chi connectivity index (χ1v) is 9.51. The fraction of sp³-hybridized carbons (Fsp3) is 0.238. The quantitative estimate of drug-likeness (QED) is 0.659. The first kappa shape index (κ1) is 18.9. The van der Waals surface area contributed by atoms with Crippen molar-refractivity contribution in [2.75, 3.05) is 20.8 Å². The van der Waals surface area contributed by atoms with Crippen molar-refractivity contribution >= 4 is 17.2 Å². The number of nitrogens with zero attached hydrogens (tertiary/aromatic N) is 1. The Hall–Kier alpha value is -2.86. The minimum Gasteiger partial charge on any atom is -0.493 e. The number of amides is 1. The molecule has 27 heavy (non-hydrogen) atoms. The summed E-state index contributed by atoms with van der Waals surface area (Å²) in [5.41, 5.74) is 2.50. The number of thiazole rings is 1. The number of carbonyl (C=O) groups excluding carboxylic acids is 1. The van der Waals surface area contributed by atoms with E-state index in [-0.39, 0.29) is 11.8 Å². The van der Waals surface area contributed by atoms with E-state index in [9.17, 15) is 4.79 Å². The van der Waals surface area contributed by atoms with Gasteiger partial charge in [-0.15, -0.1) is 11.3 Å². The van der Waals surface area contributed by atoms with Gasteiger partial charge in [0.25, 0.3) is 5.91 Å². The SMILES string of the molecule is COc1ccc(-c2nc(C(=O)NCC(C)c3ccccc3)cs2)cc1OC. The summed E-state index contributed by atoms with van der Waals surface area (Å²) >= 11 is 1.43. The Morgan fingerprint density at radius 1 is 1.11 bits per heavy atom. The Labute approximate surface area is 163 Å². The van der Waals surface area contributed by atoms with Crippen LogP contribution in [0.4, 0.5) is 0 Å². The number of hydrogen-bond acceptors (Lipinski definition) is 5. The van der Waals surface area contributed by atoms with Gasteiger partial charge >= 0.3 is 0 Å². The maximum Gasteiger partial charge on any atom is 0.270 e. The molecule has 0 aliphatic carbocycles. The van der Waals surface area contributed by atoms with Gasteiger partial charge in [-0.05, 0) is 29.7 Å². The molecule has 0 aliphatic rings. The topological polar surface area (TPSA) is 60.5 Å². The average Bonchev–Trinajstić information content (AvgIpc) is 3.22. The highest BCUT2D eigenvalue weighted by atomic mass is 32.1. The van der Waals surface area contributed by atoms with Gasteiger partial charge in [0.05, 0.1) is 14.2 Å². The predicted octanol–water partition coefficient (Wildman–Crippen LogP) is 4.36. The lowest BCUT2D eigenvalue weighted by atomic mass is 10.0. The largest absolute Gasteiger partial charge is 0.493 e. The molecule has 140 valence electrons. The second-order valence-corrected chi connectivity index (χ2v) is 6.99. The van der Waals surface area contributed by atoms with Crippen LogP contribution in [0.15, 0.2) is 53.9 Å². The summed E-state index contributed by atoms with van der Waals surface area (Å²) in [5.74, 6) is 1.36. The van der Waals surface area contributed by atoms with Gasteiger partial charge in [0.15, 0.2) is 11.5 Å². The maximum absolute atomic E-state index is 12.4. The van der Waals surface area contributed by atoms with Crippen LogP contribution in [0, 0.1) is 0 Å². The molecule has 5 nitrogen and oxygen atoms in total. The molecular formula is C21H22N2O3S. The minimum atomic E-state index is -0.166. The van der Waals surface area contributed by atoms with E-state index in [2.05, 4.69) is 29.4 Å². The molecule has 3 aromatic rings. The molecule has 0 aliphatic heterocycles. The highest BCUT2D eigenvalue weighted by molar-refractivity contribution is 7.13. The van der Waals surface area contributed by atoms with Crippen LogP contribution in [-0.4, -0.2) is 31.7 Å². The second kappa shape index (κ2) is 8.68. The van der Waals surface area contributed by atoms with Crippen LogP contribution in [0.25, 0.3) is 10.6 Å². The Bertz CT molecular complexity index is 909. The van der Waals surface area contributed by atoms with Crippen LogP contribution in [0.1, 0.15) is 28.9 Å². The van der Waals surface area contributed by atoms with Crippen molar-refractivity contribution in [3.8, 4) is 22.1 Å². The van der Waals surface area contributed by atoms with Crippen LogP contribution in [0.5, 0.6) is 11.5 Å². The fourth-order valence-electron chi connectivity index (χ4n) is 2.72. The molecule has 1 atom stereocenters. The molecule has 6 heteroatoms. The molecule has 1 N–H and O–H groups in total. The Balaban J connectivity index is 1.67. The van der Waals surface area contributed by atoms with E-state index in [1.54, 1.807) is 19.6 Å². The highest BCUT2D eigenvalue weighted by Gasteiger charge is 2.15. The molecule has 3 rings (SSSR count). The van der Waals surface area contributed by atoms with Crippen LogP contribution in [-0.2, 0) is 0 Å². The van der Waals surface area contributed by atoms with Crippen LogP contribution in [0.3, 0.4) is 0 Å². The summed E-state index contributed by atoms with van der Waals surface area (Å²) < 4.78 is 10.6. The molecule has 0 radical (unpaired) electrons. The maximum atomic E-state index is 12.4. The number of benzene rings is 2. The lowest BCUT2D eigenvalue weighted by Gasteiger charge is -2.12. The molecule has 0 bridgehead atoms. The Morgan fingerprint density at radius 3 is 2.56 bits per heavy atom. The molecule has 0 saturated carbocycles. The predicted molar refractivity (Wildman–Crippen MR) is 108 cm³/mol. The van der Waals surface area contributed by atoms with Crippen LogP contribution in [0.2, 0.25) is 0 Å². The van der Waals surface area contributed by atoms with Crippen molar-refractivity contribution in [3.05, 3.63) is 65.2 Å². The van der Waals surface area contributed by atoms with Crippen molar-refractivity contribution in [2.24, 2.45) is 0 Å². The Morgan fingerprint density at radius 2 is 1.85 bits per heavy atom. The molecule has 1 amide bonds. The van der Waals surface area contributed by atoms with Crippen molar-refractivity contribution in [1.82, 2.24) is 10.3 Å². The number of methoxy groups -OCH3 is 2. The van der Waals surface area contributed by atoms with E-state index < -0.39 is 0 Å². The summed E-state index contributed by atoms with van der Waals surface area (Å²) in [4.78, 5) is 16.9. The summed E-state index contributed by atoms with van der Waals surface area (Å²) in [5, 5.41) is 5.50. The number of nitrogens with one attached hydrogen (secondary N) is 1. The molecule has 0 fully saturated rings. The van der Waals surface area contributed by atoms with Crippen molar-refractivity contribution in [3.63, 3.8) is 0 Å². The normalized spacial score (nSPS) is 11.7. The summed E-state index contributed by atoms with van der Waals surface area (Å²) in [6.45, 7) is 2.65. The smallest absolute Gasteiger partial charge is 0.270 e. The van der Waals surface area contributed by atoms with Gasteiger partial charge in [-0.25, -0.2) is 4.98 Å². The van der Waals surface area contributed by atoms with E-state index in [0.29, 0.717) is 23.7 Å². The van der Waals surface area contributed by atoms with E-state index >= 15 is 0 Å². The first-order valence-electron chi connectivity index (χ1n) is 8.63. The zero-order valence-electron chi connectivity index (χ0n) is 15.6. The Kier molecular flexibility index (Phi) is 6.08. The van der Waals surface area contributed by atoms with Gasteiger partial charge in [0, 0.05) is 17.5 Å². The van der Waals surface area contributed by atoms with Crippen molar-refractivity contribution in [1.29, 1.82) is 0 Å². The van der Waals surface area contributed by atoms with E-state index in [4.69, 9.17) is 9.47 Å². The van der Waals surface area contributed by atoms with E-state index in [0.717, 1.165) is 10.6 Å². The highest BCUT2D eigenvalue weighted by Crippen LogP contribution is 2.33. The third kappa shape index (κ3) is 4.46. The molecule has 2 aromatic carbocycles. The second-order valence-electron chi connectivity index (χ2n) is 6.13. The number of rotatable bonds is 7. The number of hydrogen-bond donors (Lipinski definition) is 1. The molecule has 0 spiro atoms. The molecular weight excluding hydrogens is 360 g/mol. The summed E-state index contributed by atoms with van der Waals surface area (Å²) in [6.07, 6.45) is 0. The van der Waals surface area contributed by atoms with Gasteiger partial charge in [0.1, 0.15) is 10.7 Å². The number of carbonyl (C=O) groups is 1. The van der Waals surface area contributed by atoms with Gasteiger partial charge in [-0.3, -0.25) is 4.79 Å². The minimum absolute atomic E-state index is 0.166. The van der Waals surface area contributed by atoms with E-state index in [1.165, 1.54) is 16.9 Å². The molecule has 1 unspecified atom stereocenters. The number of ether oxygens (including phenoxy) is 2. The van der Waals surface area contributed by atoms with Crippen molar-refractivity contribution in [2.45, 2.75) is 12.8 Å². The zero-order chi connectivity index (χ0) is 19.2. The van der Waals surface area contributed by atoms with Crippen molar-refractivity contribution < 1.29 is 14.3 Å². The monoisotopic (exact) mass is 382 g/mol. The fourth-order valence-corrected chi connectivity index (χ4v) is 3.51. The summed E-state index contributed by atoms with van der Waals surface area (Å²) in [7, 11) is 3.19. The molecule has 1 heterocycles. The third-order valence-corrected chi connectivity index (χ3v) is 5.20. The van der Waals surface area contributed by atoms with Crippen LogP contribution < -0.4 is 14.8 Å². The lowest BCUT2D eigenvalue weighted by Crippen LogP contribution is -2.27. The number of aromatic nitrogens is 1. The zero-order valence-corrected chi connectivity index (χ0v) is 16.4. The van der Waals surface area contributed by atoms with Gasteiger partial charge in [-0.2, -0.15) is 0 Å². The van der Waals surface area contributed by atoms with Crippen LogP contribution >= 0.6 is 11.3 Å². The first-order chi connectivity index (χ1) is 13.1. The van der Waals surface area contributed by atoms with E-state index in [1.807, 2.05) is 36.4 Å².